The first kappa shape index (κ1) is 17.1. The van der Waals surface area contributed by atoms with Crippen molar-refractivity contribution >= 4 is 17.8 Å². The monoisotopic (exact) mass is 326 g/mol. The van der Waals surface area contributed by atoms with Gasteiger partial charge in [-0.1, -0.05) is 5.16 Å². The first-order valence-corrected chi connectivity index (χ1v) is 7.50. The van der Waals surface area contributed by atoms with Gasteiger partial charge in [0.25, 0.3) is 5.91 Å². The van der Waals surface area contributed by atoms with Crippen LogP contribution in [0.25, 0.3) is 0 Å². The van der Waals surface area contributed by atoms with Gasteiger partial charge in [-0.05, 0) is 13.8 Å². The van der Waals surface area contributed by atoms with Gasteiger partial charge in [0, 0.05) is 31.7 Å². The molecule has 1 unspecified atom stereocenters. The number of amides is 2. The second-order valence-corrected chi connectivity index (χ2v) is 5.32. The summed E-state index contributed by atoms with van der Waals surface area (Å²) in [4.78, 5) is 25.1. The Hall–Kier alpha value is -2.29. The summed E-state index contributed by atoms with van der Waals surface area (Å²) in [5, 5.41) is 9.45. The van der Waals surface area contributed by atoms with E-state index in [0.717, 1.165) is 0 Å². The third-order valence-corrected chi connectivity index (χ3v) is 3.27. The van der Waals surface area contributed by atoms with Gasteiger partial charge in [-0.15, -0.1) is 0 Å². The quantitative estimate of drug-likeness (QED) is 0.778. The lowest BCUT2D eigenvalue weighted by Gasteiger charge is -2.26. The maximum absolute atomic E-state index is 11.8. The lowest BCUT2D eigenvalue weighted by atomic mass is 10.3. The maximum Gasteiger partial charge on any atom is 0.407 e. The van der Waals surface area contributed by atoms with Gasteiger partial charge in [-0.2, -0.15) is 0 Å². The summed E-state index contributed by atoms with van der Waals surface area (Å²) < 4.78 is 15.0. The second-order valence-electron chi connectivity index (χ2n) is 5.32. The van der Waals surface area contributed by atoms with Crippen molar-refractivity contribution in [3.63, 3.8) is 0 Å². The smallest absolute Gasteiger partial charge is 0.407 e. The number of nitrogens with zero attached hydrogens (tertiary/aromatic N) is 2. The average Bonchev–Trinajstić information content (AvgIpc) is 2.97. The van der Waals surface area contributed by atoms with Crippen LogP contribution in [0.2, 0.25) is 0 Å². The zero-order valence-corrected chi connectivity index (χ0v) is 13.3. The predicted molar refractivity (Wildman–Crippen MR) is 81.1 cm³/mol. The van der Waals surface area contributed by atoms with Crippen LogP contribution in [0.5, 0.6) is 0 Å². The van der Waals surface area contributed by atoms with E-state index in [-0.39, 0.29) is 18.6 Å². The number of nitrogens with one attached hydrogen (secondary N) is 2. The molecule has 2 heterocycles. The van der Waals surface area contributed by atoms with Crippen LogP contribution in [0.15, 0.2) is 10.6 Å². The van der Waals surface area contributed by atoms with Gasteiger partial charge in [0.15, 0.2) is 12.4 Å². The molecule has 23 heavy (non-hydrogen) atoms. The van der Waals surface area contributed by atoms with Crippen molar-refractivity contribution in [2.24, 2.45) is 0 Å². The Balaban J connectivity index is 1.62. The van der Waals surface area contributed by atoms with E-state index in [1.54, 1.807) is 17.9 Å². The molecule has 1 aromatic rings. The molecule has 0 aromatic carbocycles. The fourth-order valence-corrected chi connectivity index (χ4v) is 2.03. The molecule has 1 aromatic heterocycles. The first-order valence-electron chi connectivity index (χ1n) is 7.50. The van der Waals surface area contributed by atoms with Crippen LogP contribution in [0.4, 0.5) is 10.6 Å². The molecular formula is C14H22N4O5. The highest BCUT2D eigenvalue weighted by atomic mass is 16.6. The largest absolute Gasteiger partial charge is 0.439 e. The van der Waals surface area contributed by atoms with Crippen LogP contribution in [-0.4, -0.2) is 67.6 Å². The van der Waals surface area contributed by atoms with Gasteiger partial charge >= 0.3 is 6.09 Å². The Morgan fingerprint density at radius 1 is 1.43 bits per heavy atom. The SMILES string of the molecule is Cc1cc(NCC(C)NC(=O)OCC(=O)N2CCOCC2)no1. The number of alkyl carbamates (subject to hydrolysis) is 1. The molecule has 9 heteroatoms. The van der Waals surface area contributed by atoms with E-state index in [0.29, 0.717) is 44.4 Å². The van der Waals surface area contributed by atoms with Gasteiger partial charge in [0.05, 0.1) is 13.2 Å². The van der Waals surface area contributed by atoms with Crippen molar-refractivity contribution < 1.29 is 23.6 Å². The van der Waals surface area contributed by atoms with Crippen molar-refractivity contribution in [1.29, 1.82) is 0 Å². The van der Waals surface area contributed by atoms with E-state index in [9.17, 15) is 9.59 Å². The number of anilines is 1. The minimum absolute atomic E-state index is 0.196. The predicted octanol–water partition coefficient (Wildman–Crippen LogP) is 0.368. The molecule has 1 aliphatic rings. The summed E-state index contributed by atoms with van der Waals surface area (Å²) in [5.74, 6) is 1.09. The number of hydrogen-bond acceptors (Lipinski definition) is 7. The van der Waals surface area contributed by atoms with Crippen molar-refractivity contribution in [3.8, 4) is 0 Å². The van der Waals surface area contributed by atoms with Gasteiger partial charge in [-0.25, -0.2) is 4.79 Å². The molecule has 0 aliphatic carbocycles. The molecule has 1 aliphatic heterocycles. The third-order valence-electron chi connectivity index (χ3n) is 3.27. The van der Waals surface area contributed by atoms with E-state index in [4.69, 9.17) is 14.0 Å². The zero-order chi connectivity index (χ0) is 16.7. The van der Waals surface area contributed by atoms with Gasteiger partial charge < -0.3 is 29.5 Å². The van der Waals surface area contributed by atoms with Gasteiger partial charge in [-0.3, -0.25) is 4.79 Å². The Bertz CT molecular complexity index is 527. The molecule has 1 saturated heterocycles. The number of hydrogen-bond donors (Lipinski definition) is 2. The fourth-order valence-electron chi connectivity index (χ4n) is 2.03. The van der Waals surface area contributed by atoms with E-state index >= 15 is 0 Å². The van der Waals surface area contributed by atoms with Crippen LogP contribution in [0.1, 0.15) is 12.7 Å². The molecule has 0 bridgehead atoms. The van der Waals surface area contributed by atoms with Crippen molar-refractivity contribution in [2.75, 3.05) is 44.8 Å². The summed E-state index contributed by atoms with van der Waals surface area (Å²) in [6, 6.07) is 1.56. The highest BCUT2D eigenvalue weighted by molar-refractivity contribution is 5.80. The van der Waals surface area contributed by atoms with Crippen LogP contribution >= 0.6 is 0 Å². The van der Waals surface area contributed by atoms with Crippen LogP contribution in [0.3, 0.4) is 0 Å². The molecule has 1 atom stereocenters. The van der Waals surface area contributed by atoms with E-state index < -0.39 is 6.09 Å². The maximum atomic E-state index is 11.8. The molecule has 2 rings (SSSR count). The molecule has 128 valence electrons. The first-order chi connectivity index (χ1) is 11.0. The van der Waals surface area contributed by atoms with E-state index in [2.05, 4.69) is 15.8 Å². The number of aryl methyl sites for hydroxylation is 1. The summed E-state index contributed by atoms with van der Waals surface area (Å²) >= 11 is 0. The van der Waals surface area contributed by atoms with E-state index in [1.165, 1.54) is 0 Å². The molecule has 0 saturated carbocycles. The van der Waals surface area contributed by atoms with Crippen LogP contribution in [-0.2, 0) is 14.3 Å². The number of morpholine rings is 1. The number of carbonyl (C=O) groups excluding carboxylic acids is 2. The zero-order valence-electron chi connectivity index (χ0n) is 13.3. The number of rotatable bonds is 6. The molecular weight excluding hydrogens is 304 g/mol. The number of carbonyl (C=O) groups is 2. The molecule has 1 fully saturated rings. The average molecular weight is 326 g/mol. The van der Waals surface area contributed by atoms with Gasteiger partial charge in [0.1, 0.15) is 5.76 Å². The van der Waals surface area contributed by atoms with E-state index in [1.807, 2.05) is 6.92 Å². The number of ether oxygens (including phenoxy) is 2. The van der Waals surface area contributed by atoms with Gasteiger partial charge in [0.2, 0.25) is 0 Å². The Labute approximate surface area is 134 Å². The highest BCUT2D eigenvalue weighted by Crippen LogP contribution is 2.06. The Morgan fingerprint density at radius 2 is 2.17 bits per heavy atom. The molecule has 9 nitrogen and oxygen atoms in total. The lowest BCUT2D eigenvalue weighted by Crippen LogP contribution is -2.44. The normalized spacial score (nSPS) is 15.8. The second kappa shape index (κ2) is 8.37. The van der Waals surface area contributed by atoms with Crippen LogP contribution in [0, 0.1) is 6.92 Å². The summed E-state index contributed by atoms with van der Waals surface area (Å²) in [6.45, 7) is 5.88. The minimum Gasteiger partial charge on any atom is -0.439 e. The molecule has 0 spiro atoms. The molecule has 2 N–H and O–H groups in total. The Morgan fingerprint density at radius 3 is 2.83 bits per heavy atom. The third kappa shape index (κ3) is 5.78. The van der Waals surface area contributed by atoms with Crippen LogP contribution < -0.4 is 10.6 Å². The summed E-state index contributed by atoms with van der Waals surface area (Å²) in [5.41, 5.74) is 0. The Kier molecular flexibility index (Phi) is 6.21. The molecule has 0 radical (unpaired) electrons. The summed E-state index contributed by atoms with van der Waals surface area (Å²) in [6.07, 6.45) is -0.628. The van der Waals surface area contributed by atoms with Crippen molar-refractivity contribution in [1.82, 2.24) is 15.4 Å². The van der Waals surface area contributed by atoms with Crippen molar-refractivity contribution in [2.45, 2.75) is 19.9 Å². The summed E-state index contributed by atoms with van der Waals surface area (Å²) in [7, 11) is 0. The highest BCUT2D eigenvalue weighted by Gasteiger charge is 2.18. The molecule has 2 amide bonds. The van der Waals surface area contributed by atoms with Crippen molar-refractivity contribution in [3.05, 3.63) is 11.8 Å². The topological polar surface area (TPSA) is 106 Å². The number of aromatic nitrogens is 1. The lowest BCUT2D eigenvalue weighted by molar-refractivity contribution is -0.138. The standard InChI is InChI=1S/C14H22N4O5/c1-10(8-15-12-7-11(2)23-17-12)16-14(20)22-9-13(19)18-3-5-21-6-4-18/h7,10H,3-6,8-9H2,1-2H3,(H,15,17)(H,16,20). The fraction of sp³-hybridized carbons (Fsp3) is 0.643. The minimum atomic E-state index is -0.628.